The minimum Gasteiger partial charge on any atom is -0.258 e. The van der Waals surface area contributed by atoms with E-state index in [-0.39, 0.29) is 11.1 Å². The van der Waals surface area contributed by atoms with Crippen LogP contribution < -0.4 is 0 Å². The summed E-state index contributed by atoms with van der Waals surface area (Å²) in [7, 11) is 0. The third-order valence-electron chi connectivity index (χ3n) is 4.66. The van der Waals surface area contributed by atoms with Crippen molar-refractivity contribution in [2.24, 2.45) is 0 Å². The van der Waals surface area contributed by atoms with Gasteiger partial charge in [0.15, 0.2) is 0 Å². The highest BCUT2D eigenvalue weighted by atomic mass is 16.6. The molecule has 0 bridgehead atoms. The van der Waals surface area contributed by atoms with Crippen LogP contribution in [-0.2, 0) is 0 Å². The Morgan fingerprint density at radius 2 is 0.912 bits per heavy atom. The molecule has 3 rings (SSSR count). The van der Waals surface area contributed by atoms with Gasteiger partial charge in [0.25, 0.3) is 22.7 Å². The van der Waals surface area contributed by atoms with Crippen molar-refractivity contribution in [1.82, 2.24) is 0 Å². The summed E-state index contributed by atoms with van der Waals surface area (Å²) in [5, 5.41) is 44.3. The van der Waals surface area contributed by atoms with Crippen LogP contribution in [0.5, 0.6) is 0 Å². The summed E-state index contributed by atoms with van der Waals surface area (Å²) in [6.45, 7) is 0. The molecule has 0 aliphatic carbocycles. The second-order valence-electron chi connectivity index (χ2n) is 6.85. The number of hydrogen-bond donors (Lipinski definition) is 0. The quantitative estimate of drug-likeness (QED) is 0.234. The molecule has 0 N–H and O–H groups in total. The van der Waals surface area contributed by atoms with Gasteiger partial charge in [-0.1, -0.05) is 30.4 Å². The van der Waals surface area contributed by atoms with E-state index >= 15 is 0 Å². The summed E-state index contributed by atoms with van der Waals surface area (Å²) >= 11 is 0. The molecule has 3 aromatic rings. The highest BCUT2D eigenvalue weighted by Gasteiger charge is 2.18. The van der Waals surface area contributed by atoms with E-state index in [1.54, 1.807) is 36.4 Å². The Morgan fingerprint density at radius 1 is 0.500 bits per heavy atom. The molecule has 0 aromatic heterocycles. The summed E-state index contributed by atoms with van der Waals surface area (Å²) in [4.78, 5) is 41.4. The van der Waals surface area contributed by atoms with Crippen molar-refractivity contribution in [3.63, 3.8) is 0 Å². The molecule has 0 saturated heterocycles. The lowest BCUT2D eigenvalue weighted by molar-refractivity contribution is -0.394. The van der Waals surface area contributed by atoms with Gasteiger partial charge >= 0.3 is 0 Å². The van der Waals surface area contributed by atoms with Crippen molar-refractivity contribution >= 4 is 47.1 Å². The second kappa shape index (κ2) is 9.91. The number of benzene rings is 3. The molecule has 0 heterocycles. The van der Waals surface area contributed by atoms with E-state index in [0.29, 0.717) is 11.1 Å². The van der Waals surface area contributed by atoms with E-state index in [1.807, 2.05) is 0 Å². The van der Waals surface area contributed by atoms with Crippen molar-refractivity contribution in [3.8, 4) is 0 Å². The lowest BCUT2D eigenvalue weighted by Gasteiger charge is -2.00. The molecule has 0 amide bonds. The van der Waals surface area contributed by atoms with Crippen LogP contribution >= 0.6 is 0 Å². The fourth-order valence-corrected chi connectivity index (χ4v) is 3.03. The molecule has 170 valence electrons. The topological polar surface area (TPSA) is 173 Å². The Kier molecular flexibility index (Phi) is 6.82. The van der Waals surface area contributed by atoms with Crippen molar-refractivity contribution in [1.29, 1.82) is 0 Å². The second-order valence-corrected chi connectivity index (χ2v) is 6.85. The Balaban J connectivity index is 1.88. The molecule has 0 fully saturated rings. The summed E-state index contributed by atoms with van der Waals surface area (Å²) in [6, 6.07) is 13.5. The zero-order valence-electron chi connectivity index (χ0n) is 17.1. The minimum absolute atomic E-state index is 0.179. The maximum atomic E-state index is 11.3. The van der Waals surface area contributed by atoms with Crippen LogP contribution in [0.3, 0.4) is 0 Å². The highest BCUT2D eigenvalue weighted by Crippen LogP contribution is 2.28. The normalized spacial score (nSPS) is 11.1. The molecule has 34 heavy (non-hydrogen) atoms. The average molecular weight is 462 g/mol. The van der Waals surface area contributed by atoms with Crippen molar-refractivity contribution in [3.05, 3.63) is 123 Å². The largest absolute Gasteiger partial charge is 0.283 e. The van der Waals surface area contributed by atoms with Crippen LogP contribution in [0.4, 0.5) is 22.7 Å². The van der Waals surface area contributed by atoms with Crippen LogP contribution in [0.25, 0.3) is 24.3 Å². The molecule has 0 saturated carbocycles. The molecule has 3 aromatic carbocycles. The van der Waals surface area contributed by atoms with Gasteiger partial charge in [-0.05, 0) is 41.5 Å². The first-order chi connectivity index (χ1) is 16.2. The van der Waals surface area contributed by atoms with Gasteiger partial charge in [-0.15, -0.1) is 0 Å². The van der Waals surface area contributed by atoms with Gasteiger partial charge in [-0.25, -0.2) is 0 Å². The number of non-ortho nitro benzene ring substituents is 2. The summed E-state index contributed by atoms with van der Waals surface area (Å²) in [5.74, 6) is 0. The van der Waals surface area contributed by atoms with Gasteiger partial charge in [0.05, 0.1) is 43.0 Å². The zero-order valence-corrected chi connectivity index (χ0v) is 17.1. The molecule has 0 spiro atoms. The van der Waals surface area contributed by atoms with Crippen LogP contribution in [0.2, 0.25) is 0 Å². The first kappa shape index (κ1) is 23.4. The lowest BCUT2D eigenvalue weighted by atomic mass is 10.1. The Hall–Kier alpha value is -5.26. The fourth-order valence-electron chi connectivity index (χ4n) is 3.03. The fraction of sp³-hybridized carbons (Fsp3) is 0. The highest BCUT2D eigenvalue weighted by molar-refractivity contribution is 5.78. The van der Waals surface area contributed by atoms with Crippen LogP contribution in [-0.4, -0.2) is 19.7 Å². The van der Waals surface area contributed by atoms with Crippen LogP contribution in [0.15, 0.2) is 60.7 Å². The number of nitrogens with zero attached hydrogens (tertiary/aromatic N) is 4. The van der Waals surface area contributed by atoms with Crippen molar-refractivity contribution in [2.75, 3.05) is 0 Å². The molecule has 0 atom stereocenters. The molecular formula is C22H14N4O8. The van der Waals surface area contributed by atoms with Crippen molar-refractivity contribution in [2.45, 2.75) is 0 Å². The smallest absolute Gasteiger partial charge is 0.258 e. The minimum atomic E-state index is -0.717. The van der Waals surface area contributed by atoms with Crippen LogP contribution in [0.1, 0.15) is 22.3 Å². The lowest BCUT2D eigenvalue weighted by Crippen LogP contribution is -1.95. The summed E-state index contributed by atoms with van der Waals surface area (Å²) < 4.78 is 0. The van der Waals surface area contributed by atoms with E-state index in [1.165, 1.54) is 36.4 Å². The third kappa shape index (κ3) is 5.50. The van der Waals surface area contributed by atoms with E-state index in [2.05, 4.69) is 0 Å². The van der Waals surface area contributed by atoms with Gasteiger partial charge < -0.3 is 0 Å². The van der Waals surface area contributed by atoms with Crippen molar-refractivity contribution < 1.29 is 19.7 Å². The van der Waals surface area contributed by atoms with E-state index < -0.39 is 42.4 Å². The molecule has 0 aliphatic rings. The van der Waals surface area contributed by atoms with E-state index in [9.17, 15) is 40.5 Å². The van der Waals surface area contributed by atoms with E-state index in [0.717, 1.165) is 12.1 Å². The Bertz CT molecular complexity index is 1280. The molecule has 0 unspecified atom stereocenters. The molecular weight excluding hydrogens is 448 g/mol. The third-order valence-corrected chi connectivity index (χ3v) is 4.66. The average Bonchev–Trinajstić information content (AvgIpc) is 2.81. The predicted octanol–water partition coefficient (Wildman–Crippen LogP) is 5.66. The van der Waals surface area contributed by atoms with Gasteiger partial charge in [-0.2, -0.15) is 0 Å². The molecule has 0 aliphatic heterocycles. The summed E-state index contributed by atoms with van der Waals surface area (Å²) in [5.41, 5.74) is 0.0451. The number of rotatable bonds is 8. The van der Waals surface area contributed by atoms with Crippen LogP contribution in [0, 0.1) is 40.5 Å². The first-order valence-corrected chi connectivity index (χ1v) is 9.47. The number of hydrogen-bond acceptors (Lipinski definition) is 8. The monoisotopic (exact) mass is 462 g/mol. The molecule has 0 radical (unpaired) electrons. The molecule has 12 nitrogen and oxygen atoms in total. The zero-order chi connectivity index (χ0) is 24.8. The van der Waals surface area contributed by atoms with Gasteiger partial charge in [0, 0.05) is 12.1 Å². The standard InChI is InChI=1S/C22H14N4O8/c27-23(28)19-10-8-17(21(13-19)25(31)32)6-4-15-2-1-3-16(12-15)5-7-18-9-11-20(24(29)30)14-22(18)26(33)34/h1-14H/b6-4-,7-5-. The summed E-state index contributed by atoms with van der Waals surface area (Å²) in [6.07, 6.45) is 6.07. The maximum Gasteiger partial charge on any atom is 0.283 e. The Labute approximate surface area is 190 Å². The predicted molar refractivity (Wildman–Crippen MR) is 124 cm³/mol. The first-order valence-electron chi connectivity index (χ1n) is 9.47. The Morgan fingerprint density at radius 3 is 1.26 bits per heavy atom. The molecule has 12 heteroatoms. The maximum absolute atomic E-state index is 11.3. The number of nitro benzene ring substituents is 4. The van der Waals surface area contributed by atoms with Gasteiger partial charge in [-0.3, -0.25) is 40.5 Å². The number of nitro groups is 4. The van der Waals surface area contributed by atoms with Gasteiger partial charge in [0.1, 0.15) is 0 Å². The van der Waals surface area contributed by atoms with E-state index in [4.69, 9.17) is 0 Å². The van der Waals surface area contributed by atoms with Gasteiger partial charge in [0.2, 0.25) is 0 Å². The SMILES string of the molecule is O=[N+]([O-])c1ccc(/C=C\c2cccc(/C=C\c3ccc([N+](=O)[O-])cc3[N+](=O)[O-])c2)c([N+](=O)[O-])c1.